The summed E-state index contributed by atoms with van der Waals surface area (Å²) in [5.41, 5.74) is 9.57. The highest BCUT2D eigenvalue weighted by molar-refractivity contribution is 5.97. The number of nitrogens with zero attached hydrogens (tertiary/aromatic N) is 2. The number of likely N-dealkylation sites (tertiary alicyclic amines) is 2. The third kappa shape index (κ3) is 7.61. The second kappa shape index (κ2) is 12.3. The molecule has 42 heavy (non-hydrogen) atoms. The number of piperidine rings is 2. The van der Waals surface area contributed by atoms with Gasteiger partial charge in [0, 0.05) is 37.2 Å². The zero-order valence-corrected chi connectivity index (χ0v) is 24.0. The van der Waals surface area contributed by atoms with Gasteiger partial charge < -0.3 is 20.5 Å². The van der Waals surface area contributed by atoms with E-state index in [9.17, 15) is 22.8 Å². The smallest absolute Gasteiger partial charge is 0.487 e. The maximum absolute atomic E-state index is 13.2. The average Bonchev–Trinajstić information content (AvgIpc) is 3.25. The minimum absolute atomic E-state index is 0.0231. The Morgan fingerprint density at radius 3 is 2.10 bits per heavy atom. The molecule has 0 unspecified atom stereocenters. The first kappa shape index (κ1) is 31.3. The molecule has 0 bridgehead atoms. The summed E-state index contributed by atoms with van der Waals surface area (Å²) in [6.07, 6.45) is 0.429. The molecule has 3 N–H and O–H groups in total. The van der Waals surface area contributed by atoms with Gasteiger partial charge in [-0.3, -0.25) is 14.5 Å². The van der Waals surface area contributed by atoms with Gasteiger partial charge in [-0.25, -0.2) is 4.79 Å². The minimum atomic E-state index is -5.08. The molecule has 2 saturated heterocycles. The second-order valence-corrected chi connectivity index (χ2v) is 12.1. The zero-order valence-electron chi connectivity index (χ0n) is 24.0. The quantitative estimate of drug-likeness (QED) is 0.528. The number of hydrogen-bond donors (Lipinski definition) is 2. The lowest BCUT2D eigenvalue weighted by Crippen LogP contribution is -2.48. The number of nitrogens with two attached hydrogens (primary N) is 1. The SMILES string of the molecule is CC1(C)Cc2cccc(CN3CCC4(CC3)CCN(C(=O)c3ccccc3CC(N)=O)CC4)c2O1.O=C(O)C(F)(F)F. The summed E-state index contributed by atoms with van der Waals surface area (Å²) in [6, 6.07) is 13.9. The van der Waals surface area contributed by atoms with E-state index in [2.05, 4.69) is 36.9 Å². The van der Waals surface area contributed by atoms with Gasteiger partial charge in [0.1, 0.15) is 11.4 Å². The zero-order chi connectivity index (χ0) is 30.7. The van der Waals surface area contributed by atoms with Gasteiger partial charge in [-0.1, -0.05) is 36.4 Å². The van der Waals surface area contributed by atoms with E-state index in [0.717, 1.165) is 63.3 Å². The Balaban J connectivity index is 0.000000517. The van der Waals surface area contributed by atoms with Crippen LogP contribution in [0.25, 0.3) is 0 Å². The first-order valence-electron chi connectivity index (χ1n) is 14.2. The van der Waals surface area contributed by atoms with E-state index in [-0.39, 0.29) is 17.9 Å². The topological polar surface area (TPSA) is 113 Å². The molecule has 0 aliphatic carbocycles. The normalized spacial score (nSPS) is 19.3. The molecule has 3 aliphatic heterocycles. The minimum Gasteiger partial charge on any atom is -0.487 e. The fourth-order valence-electron chi connectivity index (χ4n) is 6.16. The summed E-state index contributed by atoms with van der Waals surface area (Å²) < 4.78 is 38.0. The molecule has 0 aromatic heterocycles. The Hall–Kier alpha value is -3.60. The Labute approximate surface area is 243 Å². The van der Waals surface area contributed by atoms with Crippen LogP contribution in [0.1, 0.15) is 66.6 Å². The number of amides is 2. The summed E-state index contributed by atoms with van der Waals surface area (Å²) >= 11 is 0. The van der Waals surface area contributed by atoms with Gasteiger partial charge in [-0.05, 0) is 75.2 Å². The number of halogens is 3. The molecule has 0 radical (unpaired) electrons. The Morgan fingerprint density at radius 2 is 1.50 bits per heavy atom. The molecule has 5 rings (SSSR count). The highest BCUT2D eigenvalue weighted by atomic mass is 19.4. The lowest BCUT2D eigenvalue weighted by molar-refractivity contribution is -0.192. The average molecular weight is 590 g/mol. The Bertz CT molecular complexity index is 1310. The van der Waals surface area contributed by atoms with Gasteiger partial charge in [-0.15, -0.1) is 0 Å². The molecule has 0 atom stereocenters. The van der Waals surface area contributed by atoms with Crippen LogP contribution in [0, 0.1) is 5.41 Å². The van der Waals surface area contributed by atoms with Gasteiger partial charge >= 0.3 is 12.1 Å². The molecule has 1 spiro atoms. The number of carboxylic acid groups (broad SMARTS) is 1. The van der Waals surface area contributed by atoms with Crippen molar-refractivity contribution in [1.29, 1.82) is 0 Å². The van der Waals surface area contributed by atoms with E-state index in [4.69, 9.17) is 20.4 Å². The number of fused-ring (bicyclic) bond motifs is 1. The molecule has 0 saturated carbocycles. The summed E-state index contributed by atoms with van der Waals surface area (Å²) in [5.74, 6) is -2.05. The van der Waals surface area contributed by atoms with Gasteiger partial charge in [0.15, 0.2) is 0 Å². The summed E-state index contributed by atoms with van der Waals surface area (Å²) in [6.45, 7) is 8.99. The maximum atomic E-state index is 13.2. The molecule has 2 aromatic carbocycles. The predicted octanol–water partition coefficient (Wildman–Crippen LogP) is 4.58. The fourth-order valence-corrected chi connectivity index (χ4v) is 6.16. The number of hydrogen-bond acceptors (Lipinski definition) is 5. The van der Waals surface area contributed by atoms with E-state index in [1.807, 2.05) is 29.2 Å². The first-order chi connectivity index (χ1) is 19.7. The van der Waals surface area contributed by atoms with Crippen LogP contribution in [-0.4, -0.2) is 70.6 Å². The van der Waals surface area contributed by atoms with E-state index < -0.39 is 18.1 Å². The van der Waals surface area contributed by atoms with Gasteiger partial charge in [0.2, 0.25) is 5.91 Å². The van der Waals surface area contributed by atoms with Crippen molar-refractivity contribution in [1.82, 2.24) is 9.80 Å². The van der Waals surface area contributed by atoms with Crippen LogP contribution < -0.4 is 10.5 Å². The van der Waals surface area contributed by atoms with Crippen LogP contribution >= 0.6 is 0 Å². The number of alkyl halides is 3. The van der Waals surface area contributed by atoms with Crippen LogP contribution in [0.4, 0.5) is 13.2 Å². The number of benzene rings is 2. The fraction of sp³-hybridized carbons (Fsp3) is 0.516. The summed E-state index contributed by atoms with van der Waals surface area (Å²) in [7, 11) is 0. The third-order valence-corrected chi connectivity index (χ3v) is 8.45. The van der Waals surface area contributed by atoms with Crippen LogP contribution in [0.3, 0.4) is 0 Å². The van der Waals surface area contributed by atoms with Crippen molar-refractivity contribution < 1.29 is 37.4 Å². The lowest BCUT2D eigenvalue weighted by atomic mass is 9.71. The number of rotatable bonds is 5. The van der Waals surface area contributed by atoms with Crippen LogP contribution in [0.2, 0.25) is 0 Å². The number of carbonyl (C=O) groups is 3. The predicted molar refractivity (Wildman–Crippen MR) is 150 cm³/mol. The van der Waals surface area contributed by atoms with E-state index in [0.29, 0.717) is 11.0 Å². The van der Waals surface area contributed by atoms with Crippen LogP contribution in [0.15, 0.2) is 42.5 Å². The molecule has 11 heteroatoms. The Morgan fingerprint density at radius 1 is 0.929 bits per heavy atom. The molecule has 228 valence electrons. The molecule has 2 amide bonds. The molecule has 3 heterocycles. The van der Waals surface area contributed by atoms with Gasteiger partial charge in [0.25, 0.3) is 5.91 Å². The number of primary amides is 1. The number of carbonyl (C=O) groups excluding carboxylic acids is 2. The van der Waals surface area contributed by atoms with Crippen molar-refractivity contribution in [2.45, 2.75) is 70.7 Å². The second-order valence-electron chi connectivity index (χ2n) is 12.1. The highest BCUT2D eigenvalue weighted by Gasteiger charge is 2.40. The van der Waals surface area contributed by atoms with E-state index >= 15 is 0 Å². The Kier molecular flexibility index (Phi) is 9.20. The molecule has 2 aromatic rings. The van der Waals surface area contributed by atoms with E-state index in [1.165, 1.54) is 24.0 Å². The van der Waals surface area contributed by atoms with Crippen molar-refractivity contribution >= 4 is 17.8 Å². The molecular weight excluding hydrogens is 551 g/mol. The maximum Gasteiger partial charge on any atom is 0.490 e. The lowest BCUT2D eigenvalue weighted by Gasteiger charge is -2.47. The molecule has 2 fully saturated rings. The number of aliphatic carboxylic acids is 1. The summed E-state index contributed by atoms with van der Waals surface area (Å²) in [5, 5.41) is 7.12. The number of carboxylic acids is 1. The molecular formula is C31H38F3N3O5. The summed E-state index contributed by atoms with van der Waals surface area (Å²) in [4.78, 5) is 38.1. The van der Waals surface area contributed by atoms with Gasteiger partial charge in [-0.2, -0.15) is 13.2 Å². The molecule has 3 aliphatic rings. The van der Waals surface area contributed by atoms with Crippen molar-refractivity contribution in [2.24, 2.45) is 11.1 Å². The molecule has 8 nitrogen and oxygen atoms in total. The van der Waals surface area contributed by atoms with Crippen molar-refractivity contribution in [3.63, 3.8) is 0 Å². The van der Waals surface area contributed by atoms with Crippen molar-refractivity contribution in [3.05, 3.63) is 64.7 Å². The first-order valence-corrected chi connectivity index (χ1v) is 14.2. The largest absolute Gasteiger partial charge is 0.490 e. The van der Waals surface area contributed by atoms with Crippen molar-refractivity contribution in [3.8, 4) is 5.75 Å². The van der Waals surface area contributed by atoms with Gasteiger partial charge in [0.05, 0.1) is 6.42 Å². The van der Waals surface area contributed by atoms with Crippen LogP contribution in [0.5, 0.6) is 5.75 Å². The van der Waals surface area contributed by atoms with E-state index in [1.54, 1.807) is 0 Å². The third-order valence-electron chi connectivity index (χ3n) is 8.45. The van der Waals surface area contributed by atoms with Crippen LogP contribution in [-0.2, 0) is 29.0 Å². The highest BCUT2D eigenvalue weighted by Crippen LogP contribution is 2.43. The number of ether oxygens (including phenoxy) is 1. The monoisotopic (exact) mass is 589 g/mol. The van der Waals surface area contributed by atoms with Crippen molar-refractivity contribution in [2.75, 3.05) is 26.2 Å². The standard InChI is InChI=1S/C29H37N3O3.C2HF3O2/c1-28(2)19-22-7-5-8-23(26(22)35-28)20-31-14-10-29(11-15-31)12-16-32(17-13-29)27(34)24-9-4-3-6-21(24)18-25(30)33;3-2(4,5)1(6)7/h3-9H,10-20H2,1-2H3,(H2,30,33);(H,6,7). The number of para-hydroxylation sites is 1.